The van der Waals surface area contributed by atoms with E-state index in [-0.39, 0.29) is 29.4 Å². The van der Waals surface area contributed by atoms with Crippen LogP contribution in [0.5, 0.6) is 5.75 Å². The molecule has 1 N–H and O–H groups in total. The number of carbonyl (C=O) groups is 1. The van der Waals surface area contributed by atoms with Crippen LogP contribution in [-0.2, 0) is 11.3 Å². The van der Waals surface area contributed by atoms with Crippen molar-refractivity contribution in [3.05, 3.63) is 63.3 Å². The van der Waals surface area contributed by atoms with Crippen LogP contribution in [0.2, 0.25) is 5.02 Å². The summed E-state index contributed by atoms with van der Waals surface area (Å²) in [6.07, 6.45) is 9.96. The highest BCUT2D eigenvalue weighted by molar-refractivity contribution is 6.31. The van der Waals surface area contributed by atoms with Crippen LogP contribution in [0, 0.1) is 11.8 Å². The number of aromatic amines is 1. The fraction of sp³-hybridized carbons (Fsp3) is 0.458. The molecule has 1 saturated carbocycles. The summed E-state index contributed by atoms with van der Waals surface area (Å²) in [6.45, 7) is 2.08. The topological polar surface area (TPSA) is 80.2 Å². The summed E-state index contributed by atoms with van der Waals surface area (Å²) in [6, 6.07) is 5.74. The van der Waals surface area contributed by atoms with Gasteiger partial charge >= 0.3 is 5.69 Å². The van der Waals surface area contributed by atoms with E-state index >= 15 is 0 Å². The van der Waals surface area contributed by atoms with E-state index in [0.29, 0.717) is 17.4 Å². The molecule has 0 spiro atoms. The zero-order chi connectivity index (χ0) is 22.2. The third kappa shape index (κ3) is 4.13. The average Bonchev–Trinajstić information content (AvgIpc) is 3.46. The Balaban J connectivity index is 1.28. The number of aromatic nitrogens is 3. The number of hydrogen-bond donors (Lipinski definition) is 1. The Hall–Kier alpha value is -2.80. The van der Waals surface area contributed by atoms with Crippen molar-refractivity contribution in [3.8, 4) is 5.75 Å². The van der Waals surface area contributed by atoms with Crippen molar-refractivity contribution in [2.75, 3.05) is 20.2 Å². The summed E-state index contributed by atoms with van der Waals surface area (Å²) >= 11 is 6.45. The summed E-state index contributed by atoms with van der Waals surface area (Å²) in [7, 11) is 1.62. The number of H-pyrrole nitrogens is 1. The molecule has 2 heterocycles. The molecule has 1 aliphatic heterocycles. The van der Waals surface area contributed by atoms with Gasteiger partial charge < -0.3 is 9.64 Å². The SMILES string of the molecule is COc1ccc(C2C=CC(c3n[nH]c(=O)n3C[C@@H]3CCN(C(=O)C4CC4)C3)=CC2)c(Cl)c1. The molecule has 1 aromatic carbocycles. The van der Waals surface area contributed by atoms with E-state index in [1.807, 2.05) is 29.2 Å². The van der Waals surface area contributed by atoms with Gasteiger partial charge in [0.1, 0.15) is 5.75 Å². The lowest BCUT2D eigenvalue weighted by Gasteiger charge is -2.19. The number of likely N-dealkylation sites (tertiary alicyclic amines) is 1. The van der Waals surface area contributed by atoms with Crippen LogP contribution in [-0.4, -0.2) is 45.8 Å². The number of ether oxygens (including phenoxy) is 1. The summed E-state index contributed by atoms with van der Waals surface area (Å²) in [5.74, 6) is 2.34. The third-order valence-electron chi connectivity index (χ3n) is 6.69. The quantitative estimate of drug-likeness (QED) is 0.722. The Kier molecular flexibility index (Phi) is 5.67. The van der Waals surface area contributed by atoms with Crippen molar-refractivity contribution in [1.29, 1.82) is 0 Å². The van der Waals surface area contributed by atoms with E-state index < -0.39 is 0 Å². The van der Waals surface area contributed by atoms with Gasteiger partial charge in [0.05, 0.1) is 7.11 Å². The van der Waals surface area contributed by atoms with Gasteiger partial charge in [-0.25, -0.2) is 9.89 Å². The maximum absolute atomic E-state index is 12.5. The number of allylic oxidation sites excluding steroid dienone is 4. The first kappa shape index (κ1) is 21.1. The number of halogens is 1. The normalized spacial score (nSPS) is 22.8. The first-order valence-corrected chi connectivity index (χ1v) is 11.6. The molecule has 0 radical (unpaired) electrons. The highest BCUT2D eigenvalue weighted by atomic mass is 35.5. The van der Waals surface area contributed by atoms with Crippen LogP contribution < -0.4 is 10.4 Å². The van der Waals surface area contributed by atoms with E-state index in [9.17, 15) is 9.59 Å². The fourth-order valence-electron chi connectivity index (χ4n) is 4.69. The van der Waals surface area contributed by atoms with Crippen LogP contribution in [0.1, 0.15) is 43.0 Å². The Labute approximate surface area is 191 Å². The molecule has 0 bridgehead atoms. The number of rotatable bonds is 6. The number of benzene rings is 1. The zero-order valence-electron chi connectivity index (χ0n) is 18.1. The second-order valence-corrected chi connectivity index (χ2v) is 9.33. The molecule has 2 aliphatic carbocycles. The van der Waals surface area contributed by atoms with Gasteiger partial charge in [-0.05, 0) is 49.3 Å². The maximum Gasteiger partial charge on any atom is 0.343 e. The standard InChI is InChI=1S/C24H27ClN4O3/c1-32-19-8-9-20(21(25)12-19)16-2-4-17(5-3-16)22-26-27-24(31)29(22)14-15-10-11-28(13-15)23(30)18-6-7-18/h2,4-5,8-9,12,15-16,18H,3,6-7,10-11,13-14H2,1H3,(H,27,31)/t15-,16?/m1/s1. The van der Waals surface area contributed by atoms with Gasteiger partial charge in [0.2, 0.25) is 5.91 Å². The monoisotopic (exact) mass is 454 g/mol. The minimum Gasteiger partial charge on any atom is -0.497 e. The number of nitrogens with one attached hydrogen (secondary N) is 1. The molecule has 1 unspecified atom stereocenters. The molecule has 2 fully saturated rings. The van der Waals surface area contributed by atoms with Gasteiger partial charge in [0, 0.05) is 42.1 Å². The molecular formula is C24H27ClN4O3. The zero-order valence-corrected chi connectivity index (χ0v) is 18.8. The largest absolute Gasteiger partial charge is 0.497 e. The molecule has 32 heavy (non-hydrogen) atoms. The second kappa shape index (κ2) is 8.62. The van der Waals surface area contributed by atoms with Gasteiger partial charge in [-0.15, -0.1) is 0 Å². The van der Waals surface area contributed by atoms with Crippen LogP contribution in [0.15, 0.2) is 41.2 Å². The van der Waals surface area contributed by atoms with E-state index in [1.54, 1.807) is 11.7 Å². The highest BCUT2D eigenvalue weighted by Crippen LogP contribution is 2.36. The third-order valence-corrected chi connectivity index (χ3v) is 7.02. The van der Waals surface area contributed by atoms with Crippen molar-refractivity contribution in [1.82, 2.24) is 19.7 Å². The van der Waals surface area contributed by atoms with Gasteiger partial charge in [0.25, 0.3) is 0 Å². The molecule has 2 aromatic rings. The first-order valence-electron chi connectivity index (χ1n) is 11.2. The predicted molar refractivity (Wildman–Crippen MR) is 123 cm³/mol. The number of hydrogen-bond acceptors (Lipinski definition) is 4. The molecule has 1 saturated heterocycles. The van der Waals surface area contributed by atoms with E-state index in [4.69, 9.17) is 16.3 Å². The molecule has 7 nitrogen and oxygen atoms in total. The smallest absolute Gasteiger partial charge is 0.343 e. The van der Waals surface area contributed by atoms with Gasteiger partial charge in [-0.3, -0.25) is 9.36 Å². The maximum atomic E-state index is 12.5. The number of nitrogens with zero attached hydrogens (tertiary/aromatic N) is 3. The first-order chi connectivity index (χ1) is 15.5. The molecule has 2 atom stereocenters. The summed E-state index contributed by atoms with van der Waals surface area (Å²) in [5.41, 5.74) is 1.76. The molecule has 5 rings (SSSR count). The van der Waals surface area contributed by atoms with Gasteiger partial charge in [0.15, 0.2) is 5.82 Å². The fourth-order valence-corrected chi connectivity index (χ4v) is 5.00. The lowest BCUT2D eigenvalue weighted by molar-refractivity contribution is -0.131. The minimum absolute atomic E-state index is 0.160. The van der Waals surface area contributed by atoms with Crippen LogP contribution in [0.4, 0.5) is 0 Å². The number of methoxy groups -OCH3 is 1. The van der Waals surface area contributed by atoms with Crippen LogP contribution in [0.25, 0.3) is 5.57 Å². The van der Waals surface area contributed by atoms with Gasteiger partial charge in [-0.2, -0.15) is 5.10 Å². The van der Waals surface area contributed by atoms with Crippen molar-refractivity contribution in [3.63, 3.8) is 0 Å². The molecule has 168 valence electrons. The average molecular weight is 455 g/mol. The molecule has 1 aromatic heterocycles. The molecular weight excluding hydrogens is 428 g/mol. The highest BCUT2D eigenvalue weighted by Gasteiger charge is 2.37. The van der Waals surface area contributed by atoms with Crippen LogP contribution >= 0.6 is 11.6 Å². The number of carbonyl (C=O) groups excluding carboxylic acids is 1. The second-order valence-electron chi connectivity index (χ2n) is 8.92. The Morgan fingerprint density at radius 3 is 2.84 bits per heavy atom. The molecule has 3 aliphatic rings. The van der Waals surface area contributed by atoms with Crippen LogP contribution in [0.3, 0.4) is 0 Å². The Morgan fingerprint density at radius 1 is 1.31 bits per heavy atom. The Morgan fingerprint density at radius 2 is 2.16 bits per heavy atom. The van der Waals surface area contributed by atoms with Gasteiger partial charge in [-0.1, -0.05) is 35.9 Å². The van der Waals surface area contributed by atoms with Crippen molar-refractivity contribution >= 4 is 23.1 Å². The van der Waals surface area contributed by atoms with E-state index in [1.165, 1.54) is 0 Å². The van der Waals surface area contributed by atoms with Crippen molar-refractivity contribution in [2.24, 2.45) is 11.8 Å². The molecule has 8 heteroatoms. The lowest BCUT2D eigenvalue weighted by Crippen LogP contribution is -2.31. The predicted octanol–water partition coefficient (Wildman–Crippen LogP) is 3.62. The molecule has 1 amide bonds. The Bertz CT molecular complexity index is 1140. The van der Waals surface area contributed by atoms with E-state index in [0.717, 1.165) is 55.7 Å². The lowest BCUT2D eigenvalue weighted by atomic mass is 9.90. The summed E-state index contributed by atoms with van der Waals surface area (Å²) < 4.78 is 6.95. The number of amides is 1. The minimum atomic E-state index is -0.207. The van der Waals surface area contributed by atoms with E-state index in [2.05, 4.69) is 22.3 Å². The summed E-state index contributed by atoms with van der Waals surface area (Å²) in [4.78, 5) is 26.8. The summed E-state index contributed by atoms with van der Waals surface area (Å²) in [5, 5.41) is 7.58. The van der Waals surface area contributed by atoms with Crippen molar-refractivity contribution in [2.45, 2.75) is 38.1 Å². The van der Waals surface area contributed by atoms with Crippen molar-refractivity contribution < 1.29 is 9.53 Å².